The van der Waals surface area contributed by atoms with Crippen LogP contribution in [0, 0.1) is 6.92 Å². The van der Waals surface area contributed by atoms with Crippen LogP contribution in [-0.2, 0) is 13.2 Å². The summed E-state index contributed by atoms with van der Waals surface area (Å²) in [4.78, 5) is 29.1. The first-order valence-electron chi connectivity index (χ1n) is 12.3. The number of benzene rings is 4. The van der Waals surface area contributed by atoms with Crippen LogP contribution in [0.25, 0.3) is 11.0 Å². The Morgan fingerprint density at radius 1 is 0.811 bits per heavy atom. The molecule has 1 aromatic heterocycles. The molecule has 1 atom stereocenters. The van der Waals surface area contributed by atoms with E-state index < -0.39 is 6.04 Å². The summed E-state index contributed by atoms with van der Waals surface area (Å²) < 4.78 is 12.0. The summed E-state index contributed by atoms with van der Waals surface area (Å²) in [5.41, 5.74) is 4.49. The first kappa shape index (κ1) is 22.8. The number of hydrogen-bond donors (Lipinski definition) is 0. The first-order valence-corrected chi connectivity index (χ1v) is 12.3. The Bertz CT molecular complexity index is 1640. The van der Waals surface area contributed by atoms with E-state index in [0.29, 0.717) is 35.4 Å². The Kier molecular flexibility index (Phi) is 5.81. The molecule has 0 radical (unpaired) electrons. The number of aryl methyl sites for hydroxylation is 1. The fraction of sp³-hybridized carbons (Fsp3) is 0.125. The van der Waals surface area contributed by atoms with E-state index in [2.05, 4.69) is 0 Å². The minimum Gasteiger partial charge on any atom is -0.489 e. The van der Waals surface area contributed by atoms with Crippen molar-refractivity contribution in [3.63, 3.8) is 0 Å². The molecule has 6 rings (SSSR count). The quantitative estimate of drug-likeness (QED) is 0.277. The largest absolute Gasteiger partial charge is 0.489 e. The van der Waals surface area contributed by atoms with Crippen molar-refractivity contribution in [3.8, 4) is 5.75 Å². The highest BCUT2D eigenvalue weighted by atomic mass is 16.5. The highest BCUT2D eigenvalue weighted by Gasteiger charge is 2.42. The maximum absolute atomic E-state index is 13.8. The van der Waals surface area contributed by atoms with Crippen LogP contribution in [0.3, 0.4) is 0 Å². The zero-order valence-corrected chi connectivity index (χ0v) is 20.4. The Morgan fingerprint density at radius 3 is 2.19 bits per heavy atom. The summed E-state index contributed by atoms with van der Waals surface area (Å²) in [5.74, 6) is 0.549. The predicted octanol–water partition coefficient (Wildman–Crippen LogP) is 6.43. The van der Waals surface area contributed by atoms with Crippen LogP contribution in [0.5, 0.6) is 5.75 Å². The summed E-state index contributed by atoms with van der Waals surface area (Å²) >= 11 is 0. The van der Waals surface area contributed by atoms with Gasteiger partial charge in [0.1, 0.15) is 17.9 Å². The lowest BCUT2D eigenvalue weighted by Crippen LogP contribution is -2.29. The highest BCUT2D eigenvalue weighted by molar-refractivity contribution is 5.99. The monoisotopic (exact) mass is 487 g/mol. The van der Waals surface area contributed by atoms with E-state index in [4.69, 9.17) is 9.15 Å². The molecule has 0 fully saturated rings. The van der Waals surface area contributed by atoms with E-state index in [1.165, 1.54) is 0 Å². The van der Waals surface area contributed by atoms with Gasteiger partial charge < -0.3 is 14.1 Å². The summed E-state index contributed by atoms with van der Waals surface area (Å²) in [6.45, 7) is 2.75. The van der Waals surface area contributed by atoms with E-state index in [1.54, 1.807) is 11.0 Å². The van der Waals surface area contributed by atoms with Crippen LogP contribution in [-0.4, -0.2) is 10.8 Å². The number of amides is 1. The third-order valence-corrected chi connectivity index (χ3v) is 6.76. The SMILES string of the molecule is Cc1ccc2oc3c(c(=O)c2c1)C(c1ccc(OCc2ccccc2)cc1)N(Cc1ccccc1)C3=O. The van der Waals surface area contributed by atoms with Crippen LogP contribution in [0.4, 0.5) is 0 Å². The van der Waals surface area contributed by atoms with Crippen LogP contribution in [0.1, 0.15) is 44.4 Å². The molecule has 1 aliphatic heterocycles. The number of ether oxygens (including phenoxy) is 1. The van der Waals surface area contributed by atoms with Crippen molar-refractivity contribution in [2.75, 3.05) is 0 Å². The van der Waals surface area contributed by atoms with Gasteiger partial charge in [-0.3, -0.25) is 9.59 Å². The lowest BCUT2D eigenvalue weighted by Gasteiger charge is -2.25. The molecule has 1 unspecified atom stereocenters. The molecule has 0 saturated carbocycles. The van der Waals surface area contributed by atoms with Gasteiger partial charge in [-0.1, -0.05) is 84.4 Å². The molecule has 4 aromatic carbocycles. The fourth-order valence-corrected chi connectivity index (χ4v) is 4.91. The summed E-state index contributed by atoms with van der Waals surface area (Å²) in [6, 6.07) is 32.2. The molecule has 5 aromatic rings. The molecule has 37 heavy (non-hydrogen) atoms. The summed E-state index contributed by atoms with van der Waals surface area (Å²) in [7, 11) is 0. The molecule has 5 nitrogen and oxygen atoms in total. The van der Waals surface area contributed by atoms with Crippen molar-refractivity contribution in [2.24, 2.45) is 0 Å². The van der Waals surface area contributed by atoms with Crippen molar-refractivity contribution in [2.45, 2.75) is 26.1 Å². The minimum absolute atomic E-state index is 0.117. The van der Waals surface area contributed by atoms with Crippen LogP contribution in [0.2, 0.25) is 0 Å². The van der Waals surface area contributed by atoms with Crippen LogP contribution in [0.15, 0.2) is 112 Å². The number of carbonyl (C=O) groups excluding carboxylic acids is 1. The summed E-state index contributed by atoms with van der Waals surface area (Å²) in [6.07, 6.45) is 0. The first-order chi connectivity index (χ1) is 18.1. The number of fused-ring (bicyclic) bond motifs is 2. The van der Waals surface area contributed by atoms with Crippen molar-refractivity contribution < 1.29 is 13.9 Å². The van der Waals surface area contributed by atoms with E-state index in [9.17, 15) is 9.59 Å². The zero-order chi connectivity index (χ0) is 25.4. The molecule has 1 aliphatic rings. The average Bonchev–Trinajstić information content (AvgIpc) is 3.21. The number of rotatable bonds is 6. The second-order valence-electron chi connectivity index (χ2n) is 9.34. The van der Waals surface area contributed by atoms with Crippen molar-refractivity contribution >= 4 is 16.9 Å². The standard InChI is InChI=1S/C32H25NO4/c1-21-12-17-27-26(18-21)30(34)28-29(33(32(35)31(28)37-27)19-22-8-4-2-5-9-22)24-13-15-25(16-14-24)36-20-23-10-6-3-7-11-23/h2-18,29H,19-20H2,1H3. The van der Waals surface area contributed by atoms with Gasteiger partial charge in [0, 0.05) is 6.54 Å². The van der Waals surface area contributed by atoms with E-state index >= 15 is 0 Å². The maximum Gasteiger partial charge on any atom is 0.291 e. The van der Waals surface area contributed by atoms with E-state index in [0.717, 1.165) is 22.3 Å². The van der Waals surface area contributed by atoms with Gasteiger partial charge in [0.25, 0.3) is 5.91 Å². The fourth-order valence-electron chi connectivity index (χ4n) is 4.91. The van der Waals surface area contributed by atoms with Crippen LogP contribution >= 0.6 is 0 Å². The molecule has 0 bridgehead atoms. The second-order valence-corrected chi connectivity index (χ2v) is 9.34. The molecule has 0 saturated heterocycles. The lowest BCUT2D eigenvalue weighted by atomic mass is 9.98. The lowest BCUT2D eigenvalue weighted by molar-refractivity contribution is 0.0714. The molecule has 1 amide bonds. The second kappa shape index (κ2) is 9.43. The van der Waals surface area contributed by atoms with Gasteiger partial charge in [-0.05, 0) is 47.9 Å². The topological polar surface area (TPSA) is 59.8 Å². The Hall–Kier alpha value is -4.64. The number of carbonyl (C=O) groups is 1. The maximum atomic E-state index is 13.8. The number of hydrogen-bond acceptors (Lipinski definition) is 4. The molecule has 0 N–H and O–H groups in total. The predicted molar refractivity (Wildman–Crippen MR) is 143 cm³/mol. The van der Waals surface area contributed by atoms with Gasteiger partial charge in [0.15, 0.2) is 5.43 Å². The Labute approximate surface area is 214 Å². The Morgan fingerprint density at radius 2 is 1.49 bits per heavy atom. The van der Waals surface area contributed by atoms with Gasteiger partial charge in [0.2, 0.25) is 5.76 Å². The molecule has 0 aliphatic carbocycles. The number of nitrogens with zero attached hydrogens (tertiary/aromatic N) is 1. The molecule has 2 heterocycles. The van der Waals surface area contributed by atoms with Crippen molar-refractivity contribution in [3.05, 3.63) is 147 Å². The minimum atomic E-state index is -0.563. The zero-order valence-electron chi connectivity index (χ0n) is 20.4. The smallest absolute Gasteiger partial charge is 0.291 e. The van der Waals surface area contributed by atoms with E-state index in [-0.39, 0.29) is 17.1 Å². The third-order valence-electron chi connectivity index (χ3n) is 6.76. The highest BCUT2D eigenvalue weighted by Crippen LogP contribution is 2.39. The molecule has 0 spiro atoms. The molecular formula is C32H25NO4. The van der Waals surface area contributed by atoms with Crippen molar-refractivity contribution in [1.29, 1.82) is 0 Å². The van der Waals surface area contributed by atoms with Gasteiger partial charge in [-0.25, -0.2) is 0 Å². The van der Waals surface area contributed by atoms with Crippen LogP contribution < -0.4 is 10.2 Å². The van der Waals surface area contributed by atoms with E-state index in [1.807, 2.05) is 104 Å². The normalized spacial score (nSPS) is 14.7. The molecule has 182 valence electrons. The van der Waals surface area contributed by atoms with Gasteiger partial charge in [-0.2, -0.15) is 0 Å². The van der Waals surface area contributed by atoms with Gasteiger partial charge >= 0.3 is 0 Å². The third kappa shape index (κ3) is 4.29. The van der Waals surface area contributed by atoms with Gasteiger partial charge in [0.05, 0.1) is 17.0 Å². The van der Waals surface area contributed by atoms with Crippen molar-refractivity contribution in [1.82, 2.24) is 4.90 Å². The molecular weight excluding hydrogens is 462 g/mol. The molecule has 5 heteroatoms. The summed E-state index contributed by atoms with van der Waals surface area (Å²) in [5, 5.41) is 0.487. The van der Waals surface area contributed by atoms with Gasteiger partial charge in [-0.15, -0.1) is 0 Å². The average molecular weight is 488 g/mol. The Balaban J connectivity index is 1.41.